The molecule has 0 heterocycles. The van der Waals surface area contributed by atoms with E-state index in [1.807, 2.05) is 38.1 Å². The molecule has 1 amide bonds. The van der Waals surface area contributed by atoms with Gasteiger partial charge in [-0.2, -0.15) is 0 Å². The van der Waals surface area contributed by atoms with Gasteiger partial charge in [-0.25, -0.2) is 0 Å². The molecule has 0 aromatic heterocycles. The van der Waals surface area contributed by atoms with E-state index in [1.54, 1.807) is 6.08 Å². The van der Waals surface area contributed by atoms with Crippen molar-refractivity contribution in [2.45, 2.75) is 40.5 Å². The van der Waals surface area contributed by atoms with Gasteiger partial charge in [0.25, 0.3) is 0 Å². The number of hydrogen-bond donors (Lipinski definition) is 2. The van der Waals surface area contributed by atoms with Gasteiger partial charge in [0.1, 0.15) is 0 Å². The molecule has 0 spiro atoms. The van der Waals surface area contributed by atoms with Gasteiger partial charge in [0.15, 0.2) is 5.78 Å². The van der Waals surface area contributed by atoms with Gasteiger partial charge in [-0.05, 0) is 24.0 Å². The van der Waals surface area contributed by atoms with Gasteiger partial charge in [-0.15, -0.1) is 0 Å². The molecule has 0 fully saturated rings. The molecule has 0 bridgehead atoms. The predicted octanol–water partition coefficient (Wildman–Crippen LogP) is 3.97. The van der Waals surface area contributed by atoms with Crippen LogP contribution in [-0.4, -0.2) is 11.7 Å². The third-order valence-electron chi connectivity index (χ3n) is 3.66. The Morgan fingerprint density at radius 1 is 1.14 bits per heavy atom. The van der Waals surface area contributed by atoms with E-state index in [0.29, 0.717) is 6.42 Å². The van der Waals surface area contributed by atoms with Crippen molar-refractivity contribution in [3.8, 4) is 0 Å². The fraction of sp³-hybridized carbons (Fsp3) is 0.444. The number of allylic oxidation sites excluding steroid dienone is 2. The minimum Gasteiger partial charge on any atom is -0.357 e. The van der Waals surface area contributed by atoms with Crippen molar-refractivity contribution in [3.05, 3.63) is 36.0 Å². The quantitative estimate of drug-likeness (QED) is 0.884. The fourth-order valence-corrected chi connectivity index (χ4v) is 2.58. The molecule has 0 unspecified atom stereocenters. The lowest BCUT2D eigenvalue weighted by Gasteiger charge is -2.29. The molecule has 0 saturated carbocycles. The molecule has 0 atom stereocenters. The summed E-state index contributed by atoms with van der Waals surface area (Å²) in [4.78, 5) is 23.7. The molecule has 1 aromatic rings. The minimum absolute atomic E-state index is 0.0247. The molecule has 1 aliphatic rings. The molecular weight excluding hydrogens is 276 g/mol. The van der Waals surface area contributed by atoms with Gasteiger partial charge in [-0.1, -0.05) is 39.8 Å². The van der Waals surface area contributed by atoms with Crippen molar-refractivity contribution in [2.24, 2.45) is 11.3 Å². The number of hydrogen-bond acceptors (Lipinski definition) is 3. The van der Waals surface area contributed by atoms with Gasteiger partial charge in [0.2, 0.25) is 5.91 Å². The van der Waals surface area contributed by atoms with Crippen molar-refractivity contribution in [2.75, 3.05) is 10.6 Å². The topological polar surface area (TPSA) is 58.2 Å². The molecule has 2 rings (SSSR count). The minimum atomic E-state index is -0.0811. The highest BCUT2D eigenvalue weighted by Crippen LogP contribution is 2.35. The fourth-order valence-electron chi connectivity index (χ4n) is 2.58. The first-order valence-electron chi connectivity index (χ1n) is 7.67. The summed E-state index contributed by atoms with van der Waals surface area (Å²) in [6.45, 7) is 7.89. The number of carbonyl (C=O) groups is 2. The summed E-state index contributed by atoms with van der Waals surface area (Å²) in [7, 11) is 0. The van der Waals surface area contributed by atoms with Crippen molar-refractivity contribution in [1.82, 2.24) is 0 Å². The Morgan fingerprint density at radius 2 is 1.77 bits per heavy atom. The summed E-state index contributed by atoms with van der Waals surface area (Å²) in [5, 5.41) is 6.22. The van der Waals surface area contributed by atoms with Crippen LogP contribution in [0.15, 0.2) is 36.0 Å². The van der Waals surface area contributed by atoms with Gasteiger partial charge >= 0.3 is 0 Å². The molecule has 1 aliphatic carbocycles. The van der Waals surface area contributed by atoms with Crippen LogP contribution in [0.25, 0.3) is 0 Å². The van der Waals surface area contributed by atoms with Crippen LogP contribution in [0.3, 0.4) is 0 Å². The Balaban J connectivity index is 2.20. The average molecular weight is 300 g/mol. The molecule has 0 aliphatic heterocycles. The number of rotatable bonds is 4. The number of benzene rings is 1. The number of amides is 1. The lowest BCUT2D eigenvalue weighted by atomic mass is 9.79. The van der Waals surface area contributed by atoms with E-state index in [0.717, 1.165) is 23.5 Å². The zero-order chi connectivity index (χ0) is 16.3. The molecule has 4 nitrogen and oxygen atoms in total. The van der Waals surface area contributed by atoms with Crippen LogP contribution in [0.2, 0.25) is 0 Å². The average Bonchev–Trinajstić information content (AvgIpc) is 2.38. The number of para-hydroxylation sites is 2. The van der Waals surface area contributed by atoms with Crippen molar-refractivity contribution < 1.29 is 9.59 Å². The third-order valence-corrected chi connectivity index (χ3v) is 3.66. The first-order valence-corrected chi connectivity index (χ1v) is 7.67. The molecule has 118 valence electrons. The van der Waals surface area contributed by atoms with Crippen LogP contribution in [0.1, 0.15) is 40.5 Å². The molecule has 22 heavy (non-hydrogen) atoms. The Hall–Kier alpha value is -2.10. The number of carbonyl (C=O) groups excluding carboxylic acids is 2. The monoisotopic (exact) mass is 300 g/mol. The molecule has 0 saturated heterocycles. The standard InChI is InChI=1S/C18H24N2O2/c1-12(2)17(22)20-16-8-6-5-7-15(16)19-13-9-14(21)11-18(3,4)10-13/h5-9,12,19H,10-11H2,1-4H3,(H,20,22). The van der Waals surface area contributed by atoms with Gasteiger partial charge in [0.05, 0.1) is 11.4 Å². The number of nitrogens with one attached hydrogen (secondary N) is 2. The SMILES string of the molecule is CC(C)C(=O)Nc1ccccc1NC1=CC(=O)CC(C)(C)C1. The summed E-state index contributed by atoms with van der Waals surface area (Å²) >= 11 is 0. The lowest BCUT2D eigenvalue weighted by Crippen LogP contribution is -2.25. The van der Waals surface area contributed by atoms with Crippen LogP contribution in [0.4, 0.5) is 11.4 Å². The Morgan fingerprint density at radius 3 is 2.36 bits per heavy atom. The number of anilines is 2. The molecule has 0 radical (unpaired) electrons. The van der Waals surface area contributed by atoms with Crippen LogP contribution in [0, 0.1) is 11.3 Å². The maximum atomic E-state index is 11.9. The highest BCUT2D eigenvalue weighted by molar-refractivity contribution is 5.96. The van der Waals surface area contributed by atoms with E-state index in [9.17, 15) is 9.59 Å². The van der Waals surface area contributed by atoms with Crippen LogP contribution >= 0.6 is 0 Å². The van der Waals surface area contributed by atoms with E-state index in [1.165, 1.54) is 0 Å². The van der Waals surface area contributed by atoms with Gasteiger partial charge < -0.3 is 10.6 Å². The van der Waals surface area contributed by atoms with Crippen LogP contribution < -0.4 is 10.6 Å². The normalized spacial score (nSPS) is 17.1. The summed E-state index contributed by atoms with van der Waals surface area (Å²) in [6, 6.07) is 7.55. The van der Waals surface area contributed by atoms with Crippen LogP contribution in [0.5, 0.6) is 0 Å². The molecule has 2 N–H and O–H groups in total. The maximum Gasteiger partial charge on any atom is 0.226 e. The second-order valence-corrected chi connectivity index (χ2v) is 6.97. The van der Waals surface area contributed by atoms with E-state index in [2.05, 4.69) is 24.5 Å². The first kappa shape index (κ1) is 16.3. The van der Waals surface area contributed by atoms with E-state index < -0.39 is 0 Å². The molecule has 4 heteroatoms. The van der Waals surface area contributed by atoms with Crippen LogP contribution in [-0.2, 0) is 9.59 Å². The van der Waals surface area contributed by atoms with E-state index in [-0.39, 0.29) is 23.0 Å². The lowest BCUT2D eigenvalue weighted by molar-refractivity contribution is -0.119. The predicted molar refractivity (Wildman–Crippen MR) is 89.6 cm³/mol. The molecular formula is C18H24N2O2. The zero-order valence-corrected chi connectivity index (χ0v) is 13.7. The van der Waals surface area contributed by atoms with Gasteiger partial charge in [0, 0.05) is 24.1 Å². The van der Waals surface area contributed by atoms with E-state index in [4.69, 9.17) is 0 Å². The Kier molecular flexibility index (Phi) is 4.69. The Labute approximate surface area is 132 Å². The van der Waals surface area contributed by atoms with Crippen molar-refractivity contribution >= 4 is 23.1 Å². The summed E-state index contributed by atoms with van der Waals surface area (Å²) in [6.07, 6.45) is 3.06. The summed E-state index contributed by atoms with van der Waals surface area (Å²) < 4.78 is 0. The van der Waals surface area contributed by atoms with Gasteiger partial charge in [-0.3, -0.25) is 9.59 Å². The summed E-state index contributed by atoms with van der Waals surface area (Å²) in [5.41, 5.74) is 2.41. The van der Waals surface area contributed by atoms with Crippen molar-refractivity contribution in [1.29, 1.82) is 0 Å². The third kappa shape index (κ3) is 4.20. The zero-order valence-electron chi connectivity index (χ0n) is 13.7. The van der Waals surface area contributed by atoms with E-state index >= 15 is 0 Å². The second kappa shape index (κ2) is 6.34. The van der Waals surface area contributed by atoms with Crippen molar-refractivity contribution in [3.63, 3.8) is 0 Å². The number of ketones is 1. The maximum absolute atomic E-state index is 11.9. The second-order valence-electron chi connectivity index (χ2n) is 6.97. The Bertz CT molecular complexity index is 615. The molecule has 1 aromatic carbocycles. The summed E-state index contributed by atoms with van der Waals surface area (Å²) in [5.74, 6) is 0.0354. The largest absolute Gasteiger partial charge is 0.357 e. The highest BCUT2D eigenvalue weighted by Gasteiger charge is 2.27. The first-order chi connectivity index (χ1) is 10.3. The highest BCUT2D eigenvalue weighted by atomic mass is 16.1. The smallest absolute Gasteiger partial charge is 0.226 e.